The average Bonchev–Trinajstić information content (AvgIpc) is 3.00. The second-order valence-electron chi connectivity index (χ2n) is 4.94. The molecule has 0 spiro atoms. The third kappa shape index (κ3) is 1.51. The molecule has 104 valence electrons. The highest BCUT2D eigenvalue weighted by atomic mass is 32.1. The molecule has 1 aromatic carbocycles. The predicted molar refractivity (Wildman–Crippen MR) is 85.2 cm³/mol. The largest absolute Gasteiger partial charge is 0.283 e. The normalized spacial score (nSPS) is 11.8. The second kappa shape index (κ2) is 4.05. The molecule has 0 aliphatic rings. The van der Waals surface area contributed by atoms with Crippen molar-refractivity contribution in [3.8, 4) is 0 Å². The van der Waals surface area contributed by atoms with Crippen molar-refractivity contribution in [1.82, 2.24) is 24.6 Å². The molecule has 0 atom stereocenters. The topological polar surface area (TPSA) is 73.0 Å². The zero-order valence-electron chi connectivity index (χ0n) is 11.1. The molecule has 0 saturated heterocycles. The van der Waals surface area contributed by atoms with Crippen LogP contribution in [0.5, 0.6) is 0 Å². The first-order valence-corrected chi connectivity index (χ1v) is 7.50. The van der Waals surface area contributed by atoms with E-state index in [2.05, 4.69) is 20.1 Å². The fraction of sp³-hybridized carbons (Fsp3) is 0. The molecule has 0 unspecified atom stereocenters. The van der Waals surface area contributed by atoms with E-state index in [0.29, 0.717) is 21.6 Å². The van der Waals surface area contributed by atoms with Crippen LogP contribution in [0, 0.1) is 0 Å². The maximum atomic E-state index is 12.2. The highest BCUT2D eigenvalue weighted by Gasteiger charge is 2.11. The molecule has 4 aromatic heterocycles. The molecular weight excluding hydrogens is 298 g/mol. The Morgan fingerprint density at radius 1 is 1.00 bits per heavy atom. The van der Waals surface area contributed by atoms with E-state index in [1.165, 1.54) is 11.3 Å². The zero-order valence-corrected chi connectivity index (χ0v) is 11.9. The SMILES string of the molecule is O=c1nc2scnn2c2nc3nc4ccccc4cc3cc12. The van der Waals surface area contributed by atoms with Gasteiger partial charge in [-0.2, -0.15) is 14.6 Å². The molecule has 5 rings (SSSR count). The maximum Gasteiger partial charge on any atom is 0.283 e. The van der Waals surface area contributed by atoms with Crippen LogP contribution in [0.2, 0.25) is 0 Å². The van der Waals surface area contributed by atoms with E-state index in [0.717, 1.165) is 16.3 Å². The maximum absolute atomic E-state index is 12.2. The zero-order chi connectivity index (χ0) is 14.7. The summed E-state index contributed by atoms with van der Waals surface area (Å²) < 4.78 is 1.58. The standard InChI is InChI=1S/C15H7N5OS/c21-14-10-6-9-5-8-3-1-2-4-11(8)17-12(9)18-13(10)20-15(19-14)22-7-16-20/h1-7H. The van der Waals surface area contributed by atoms with E-state index in [4.69, 9.17) is 0 Å². The summed E-state index contributed by atoms with van der Waals surface area (Å²) in [6.45, 7) is 0. The van der Waals surface area contributed by atoms with E-state index >= 15 is 0 Å². The third-order valence-corrected chi connectivity index (χ3v) is 4.29. The van der Waals surface area contributed by atoms with E-state index in [1.807, 2.05) is 30.3 Å². The minimum absolute atomic E-state index is 0.290. The number of nitrogens with zero attached hydrogens (tertiary/aromatic N) is 5. The number of hydrogen-bond donors (Lipinski definition) is 0. The summed E-state index contributed by atoms with van der Waals surface area (Å²) in [6, 6.07) is 11.6. The number of hydrogen-bond acceptors (Lipinski definition) is 6. The summed E-state index contributed by atoms with van der Waals surface area (Å²) in [7, 11) is 0. The first-order chi connectivity index (χ1) is 10.8. The van der Waals surface area contributed by atoms with Crippen LogP contribution in [0.4, 0.5) is 0 Å². The highest BCUT2D eigenvalue weighted by Crippen LogP contribution is 2.21. The molecule has 7 heteroatoms. The summed E-state index contributed by atoms with van der Waals surface area (Å²) in [6.07, 6.45) is 0. The molecule has 0 fully saturated rings. The smallest absolute Gasteiger partial charge is 0.267 e. The van der Waals surface area contributed by atoms with E-state index < -0.39 is 0 Å². The van der Waals surface area contributed by atoms with Gasteiger partial charge in [0, 0.05) is 10.8 Å². The Morgan fingerprint density at radius 3 is 2.86 bits per heavy atom. The Hall–Kier alpha value is -2.93. The van der Waals surface area contributed by atoms with E-state index in [-0.39, 0.29) is 5.56 Å². The summed E-state index contributed by atoms with van der Waals surface area (Å²) in [4.78, 5) is 25.9. The fourth-order valence-electron chi connectivity index (χ4n) is 2.60. The van der Waals surface area contributed by atoms with Gasteiger partial charge in [0.25, 0.3) is 5.56 Å². The Balaban J connectivity index is 2.04. The second-order valence-corrected chi connectivity index (χ2v) is 5.75. The average molecular weight is 305 g/mol. The van der Waals surface area contributed by atoms with E-state index in [1.54, 1.807) is 16.1 Å². The molecule has 0 amide bonds. The van der Waals surface area contributed by atoms with Crippen molar-refractivity contribution >= 4 is 49.3 Å². The van der Waals surface area contributed by atoms with Gasteiger partial charge in [-0.05, 0) is 18.2 Å². The first kappa shape index (κ1) is 11.7. The van der Waals surface area contributed by atoms with Crippen LogP contribution >= 0.6 is 11.3 Å². The van der Waals surface area contributed by atoms with Gasteiger partial charge in [-0.1, -0.05) is 29.5 Å². The lowest BCUT2D eigenvalue weighted by molar-refractivity contribution is 0.960. The molecule has 0 aliphatic heterocycles. The Morgan fingerprint density at radius 2 is 1.91 bits per heavy atom. The van der Waals surface area contributed by atoms with Crippen LogP contribution < -0.4 is 5.56 Å². The van der Waals surface area contributed by atoms with Crippen molar-refractivity contribution in [2.75, 3.05) is 0 Å². The lowest BCUT2D eigenvalue weighted by Gasteiger charge is -2.03. The van der Waals surface area contributed by atoms with Crippen molar-refractivity contribution in [2.45, 2.75) is 0 Å². The summed E-state index contributed by atoms with van der Waals surface area (Å²) in [5.41, 5.74) is 3.31. The van der Waals surface area contributed by atoms with Gasteiger partial charge >= 0.3 is 0 Å². The number of para-hydroxylation sites is 1. The van der Waals surface area contributed by atoms with Crippen molar-refractivity contribution in [1.29, 1.82) is 0 Å². The number of benzene rings is 1. The predicted octanol–water partition coefficient (Wildman–Crippen LogP) is 2.40. The van der Waals surface area contributed by atoms with Crippen LogP contribution in [0.25, 0.3) is 37.9 Å². The molecule has 0 aliphatic carbocycles. The Bertz CT molecular complexity index is 1260. The number of fused-ring (bicyclic) bond motifs is 5. The minimum atomic E-state index is -0.290. The minimum Gasteiger partial charge on any atom is -0.267 e. The van der Waals surface area contributed by atoms with Crippen molar-refractivity contribution in [3.63, 3.8) is 0 Å². The van der Waals surface area contributed by atoms with E-state index in [9.17, 15) is 4.79 Å². The molecule has 6 nitrogen and oxygen atoms in total. The number of aromatic nitrogens is 5. The lowest BCUT2D eigenvalue weighted by atomic mass is 10.1. The van der Waals surface area contributed by atoms with Gasteiger partial charge in [0.15, 0.2) is 11.3 Å². The fourth-order valence-corrected chi connectivity index (χ4v) is 3.21. The molecule has 4 heterocycles. The van der Waals surface area contributed by atoms with Crippen molar-refractivity contribution in [3.05, 3.63) is 52.3 Å². The molecule has 0 bridgehead atoms. The molecule has 0 saturated carbocycles. The van der Waals surface area contributed by atoms with Gasteiger partial charge in [-0.3, -0.25) is 4.79 Å². The van der Waals surface area contributed by atoms with Crippen molar-refractivity contribution in [2.24, 2.45) is 0 Å². The van der Waals surface area contributed by atoms with Gasteiger partial charge in [-0.15, -0.1) is 0 Å². The lowest BCUT2D eigenvalue weighted by Crippen LogP contribution is -2.11. The van der Waals surface area contributed by atoms with Crippen molar-refractivity contribution < 1.29 is 0 Å². The van der Waals surface area contributed by atoms with Gasteiger partial charge in [0.2, 0.25) is 4.96 Å². The summed E-state index contributed by atoms with van der Waals surface area (Å²) in [5, 5.41) is 6.49. The van der Waals surface area contributed by atoms with Crippen LogP contribution in [0.15, 0.2) is 46.7 Å². The molecule has 22 heavy (non-hydrogen) atoms. The van der Waals surface area contributed by atoms with Crippen LogP contribution in [-0.4, -0.2) is 24.6 Å². The summed E-state index contributed by atoms with van der Waals surface area (Å²) >= 11 is 1.30. The monoisotopic (exact) mass is 305 g/mol. The number of rotatable bonds is 0. The molecule has 5 aromatic rings. The first-order valence-electron chi connectivity index (χ1n) is 6.62. The molecular formula is C15H7N5OS. The highest BCUT2D eigenvalue weighted by molar-refractivity contribution is 7.14. The third-order valence-electron chi connectivity index (χ3n) is 3.61. The van der Waals surface area contributed by atoms with Gasteiger partial charge < -0.3 is 0 Å². The van der Waals surface area contributed by atoms with Crippen LogP contribution in [0.3, 0.4) is 0 Å². The van der Waals surface area contributed by atoms with Gasteiger partial charge in [-0.25, -0.2) is 9.97 Å². The number of pyridine rings is 2. The van der Waals surface area contributed by atoms with Crippen LogP contribution in [0.1, 0.15) is 0 Å². The molecule has 0 N–H and O–H groups in total. The quantitative estimate of drug-likeness (QED) is 0.411. The van der Waals surface area contributed by atoms with Crippen LogP contribution in [-0.2, 0) is 0 Å². The Labute approximate surface area is 126 Å². The molecule has 0 radical (unpaired) electrons. The van der Waals surface area contributed by atoms with Gasteiger partial charge in [0.1, 0.15) is 5.51 Å². The van der Waals surface area contributed by atoms with Gasteiger partial charge in [0.05, 0.1) is 10.9 Å². The Kier molecular flexibility index (Phi) is 2.15. The summed E-state index contributed by atoms with van der Waals surface area (Å²) in [5.74, 6) is 0.